The van der Waals surface area contributed by atoms with Crippen LogP contribution in [0.25, 0.3) is 0 Å². The van der Waals surface area contributed by atoms with Gasteiger partial charge < -0.3 is 16.8 Å². The number of carbonyl (C=O) groups excluding carboxylic acids is 2. The molecular weight excluding hydrogens is 271 g/mol. The fourth-order valence-corrected chi connectivity index (χ4v) is 1.62. The van der Waals surface area contributed by atoms with Crippen molar-refractivity contribution >= 4 is 23.2 Å². The SMILES string of the molecule is CC(CC(N)=O)NC(=O)c1c(F)ccc([N+](=O)[O-])c1N. The van der Waals surface area contributed by atoms with Crippen LogP contribution in [-0.4, -0.2) is 22.8 Å². The number of rotatable bonds is 5. The summed E-state index contributed by atoms with van der Waals surface area (Å²) in [4.78, 5) is 32.4. The Morgan fingerprint density at radius 2 is 2.10 bits per heavy atom. The lowest BCUT2D eigenvalue weighted by Gasteiger charge is -2.13. The number of nitro groups is 1. The standard InChI is InChI=1S/C11H13FN4O4/c1-5(4-8(13)17)15-11(18)9-6(12)2-3-7(10(9)14)16(19)20/h2-3,5H,4,14H2,1H3,(H2,13,17)(H,15,18). The number of nitro benzene ring substituents is 1. The zero-order valence-corrected chi connectivity index (χ0v) is 10.6. The Balaban J connectivity index is 3.06. The predicted molar refractivity (Wildman–Crippen MR) is 68.2 cm³/mol. The first-order valence-electron chi connectivity index (χ1n) is 5.55. The maximum atomic E-state index is 13.6. The van der Waals surface area contributed by atoms with Crippen LogP contribution in [0.15, 0.2) is 12.1 Å². The third kappa shape index (κ3) is 3.40. The number of nitrogen functional groups attached to an aromatic ring is 1. The highest BCUT2D eigenvalue weighted by Crippen LogP contribution is 2.27. The van der Waals surface area contributed by atoms with E-state index in [2.05, 4.69) is 5.32 Å². The molecule has 0 aromatic heterocycles. The van der Waals surface area contributed by atoms with Crippen LogP contribution < -0.4 is 16.8 Å². The minimum atomic E-state index is -0.989. The van der Waals surface area contributed by atoms with E-state index in [-0.39, 0.29) is 6.42 Å². The Kier molecular flexibility index (Phi) is 4.57. The van der Waals surface area contributed by atoms with Crippen molar-refractivity contribution in [2.45, 2.75) is 19.4 Å². The van der Waals surface area contributed by atoms with Gasteiger partial charge in [0.15, 0.2) is 0 Å². The Bertz CT molecular complexity index is 576. The van der Waals surface area contributed by atoms with Gasteiger partial charge in [0.2, 0.25) is 5.91 Å². The Hall–Kier alpha value is -2.71. The Morgan fingerprint density at radius 3 is 2.60 bits per heavy atom. The number of nitrogens with zero attached hydrogens (tertiary/aromatic N) is 1. The van der Waals surface area contributed by atoms with Crippen LogP contribution >= 0.6 is 0 Å². The molecule has 0 radical (unpaired) electrons. The summed E-state index contributed by atoms with van der Waals surface area (Å²) < 4.78 is 13.6. The highest BCUT2D eigenvalue weighted by Gasteiger charge is 2.24. The van der Waals surface area contributed by atoms with Crippen molar-refractivity contribution < 1.29 is 18.9 Å². The van der Waals surface area contributed by atoms with Crippen LogP contribution in [0, 0.1) is 15.9 Å². The highest BCUT2D eigenvalue weighted by atomic mass is 19.1. The van der Waals surface area contributed by atoms with E-state index < -0.39 is 45.5 Å². The van der Waals surface area contributed by atoms with Crippen molar-refractivity contribution in [3.8, 4) is 0 Å². The fourth-order valence-electron chi connectivity index (χ4n) is 1.62. The minimum absolute atomic E-state index is 0.151. The molecule has 108 valence electrons. The van der Waals surface area contributed by atoms with E-state index in [0.717, 1.165) is 12.1 Å². The summed E-state index contributed by atoms with van der Waals surface area (Å²) in [6, 6.07) is 0.995. The number of carbonyl (C=O) groups is 2. The van der Waals surface area contributed by atoms with Crippen LogP contribution in [0.2, 0.25) is 0 Å². The quantitative estimate of drug-likeness (QED) is 0.405. The molecule has 1 rings (SSSR count). The van der Waals surface area contributed by atoms with Crippen molar-refractivity contribution in [2.75, 3.05) is 5.73 Å². The number of halogens is 1. The predicted octanol–water partition coefficient (Wildman–Crippen LogP) is 0.310. The largest absolute Gasteiger partial charge is 0.392 e. The monoisotopic (exact) mass is 284 g/mol. The van der Waals surface area contributed by atoms with Gasteiger partial charge in [0, 0.05) is 18.5 Å². The average molecular weight is 284 g/mol. The van der Waals surface area contributed by atoms with E-state index in [4.69, 9.17) is 11.5 Å². The molecule has 1 aromatic carbocycles. The van der Waals surface area contributed by atoms with Gasteiger partial charge in [-0.15, -0.1) is 0 Å². The first-order valence-corrected chi connectivity index (χ1v) is 5.55. The molecule has 0 fully saturated rings. The molecule has 2 amide bonds. The van der Waals surface area contributed by atoms with E-state index in [1.165, 1.54) is 6.92 Å². The molecule has 1 unspecified atom stereocenters. The molecule has 0 aliphatic heterocycles. The molecule has 1 aromatic rings. The maximum Gasteiger partial charge on any atom is 0.293 e. The van der Waals surface area contributed by atoms with E-state index in [0.29, 0.717) is 0 Å². The molecule has 0 aliphatic carbocycles. The lowest BCUT2D eigenvalue weighted by atomic mass is 10.1. The molecule has 0 aliphatic rings. The third-order valence-corrected chi connectivity index (χ3v) is 2.48. The lowest BCUT2D eigenvalue weighted by Crippen LogP contribution is -2.36. The molecule has 0 bridgehead atoms. The second kappa shape index (κ2) is 5.95. The smallest absolute Gasteiger partial charge is 0.293 e. The second-order valence-electron chi connectivity index (χ2n) is 4.16. The van der Waals surface area contributed by atoms with Crippen LogP contribution in [-0.2, 0) is 4.79 Å². The number of hydrogen-bond donors (Lipinski definition) is 3. The summed E-state index contributed by atoms with van der Waals surface area (Å²) in [5, 5.41) is 13.0. The normalized spacial score (nSPS) is 11.7. The first kappa shape index (κ1) is 15.3. The molecule has 0 spiro atoms. The number of anilines is 1. The summed E-state index contributed by atoms with van der Waals surface area (Å²) in [5.74, 6) is -2.58. The van der Waals surface area contributed by atoms with Gasteiger partial charge in [-0.3, -0.25) is 19.7 Å². The van der Waals surface area contributed by atoms with Gasteiger partial charge in [-0.05, 0) is 13.0 Å². The number of benzene rings is 1. The summed E-state index contributed by atoms with van der Waals surface area (Å²) >= 11 is 0. The van der Waals surface area contributed by atoms with Crippen molar-refractivity contribution in [3.05, 3.63) is 33.6 Å². The Morgan fingerprint density at radius 1 is 1.50 bits per heavy atom. The van der Waals surface area contributed by atoms with Crippen LogP contribution in [0.5, 0.6) is 0 Å². The van der Waals surface area contributed by atoms with E-state index >= 15 is 0 Å². The molecule has 9 heteroatoms. The van der Waals surface area contributed by atoms with Crippen LogP contribution in [0.4, 0.5) is 15.8 Å². The summed E-state index contributed by atoms with van der Waals surface area (Å²) in [6.45, 7) is 1.48. The van der Waals surface area contributed by atoms with E-state index in [9.17, 15) is 24.1 Å². The molecular formula is C11H13FN4O4. The zero-order chi connectivity index (χ0) is 15.4. The second-order valence-corrected chi connectivity index (χ2v) is 4.16. The molecule has 0 saturated heterocycles. The van der Waals surface area contributed by atoms with Crippen molar-refractivity contribution in [1.29, 1.82) is 0 Å². The van der Waals surface area contributed by atoms with Crippen molar-refractivity contribution in [3.63, 3.8) is 0 Å². The number of nitrogens with one attached hydrogen (secondary N) is 1. The van der Waals surface area contributed by atoms with Gasteiger partial charge in [-0.1, -0.05) is 0 Å². The maximum absolute atomic E-state index is 13.6. The van der Waals surface area contributed by atoms with Gasteiger partial charge in [0.05, 0.1) is 4.92 Å². The highest BCUT2D eigenvalue weighted by molar-refractivity contribution is 6.01. The van der Waals surface area contributed by atoms with Crippen molar-refractivity contribution in [1.82, 2.24) is 5.32 Å². The molecule has 20 heavy (non-hydrogen) atoms. The number of hydrogen-bond acceptors (Lipinski definition) is 5. The number of nitrogens with two attached hydrogens (primary N) is 2. The van der Waals surface area contributed by atoms with Gasteiger partial charge in [0.25, 0.3) is 11.6 Å². The van der Waals surface area contributed by atoms with Gasteiger partial charge >= 0.3 is 0 Å². The zero-order valence-electron chi connectivity index (χ0n) is 10.6. The van der Waals surface area contributed by atoms with Gasteiger partial charge in [-0.25, -0.2) is 4.39 Å². The molecule has 5 N–H and O–H groups in total. The van der Waals surface area contributed by atoms with Gasteiger partial charge in [-0.2, -0.15) is 0 Å². The number of primary amides is 1. The minimum Gasteiger partial charge on any atom is -0.392 e. The molecule has 1 atom stereocenters. The fraction of sp³-hybridized carbons (Fsp3) is 0.273. The van der Waals surface area contributed by atoms with Crippen LogP contribution in [0.3, 0.4) is 0 Å². The number of amides is 2. The summed E-state index contributed by atoms with van der Waals surface area (Å²) in [6.07, 6.45) is -0.151. The Labute approximate surface area is 113 Å². The molecule has 8 nitrogen and oxygen atoms in total. The van der Waals surface area contributed by atoms with E-state index in [1.807, 2.05) is 0 Å². The topological polar surface area (TPSA) is 141 Å². The van der Waals surface area contributed by atoms with E-state index in [1.54, 1.807) is 0 Å². The first-order chi connectivity index (χ1) is 9.23. The van der Waals surface area contributed by atoms with Crippen molar-refractivity contribution in [2.24, 2.45) is 5.73 Å². The average Bonchev–Trinajstić information content (AvgIpc) is 2.26. The lowest BCUT2D eigenvalue weighted by molar-refractivity contribution is -0.384. The third-order valence-electron chi connectivity index (χ3n) is 2.48. The van der Waals surface area contributed by atoms with Crippen LogP contribution in [0.1, 0.15) is 23.7 Å². The molecule has 0 saturated carbocycles. The summed E-state index contributed by atoms with van der Waals surface area (Å²) in [7, 11) is 0. The van der Waals surface area contributed by atoms with Gasteiger partial charge in [0.1, 0.15) is 17.1 Å². The summed E-state index contributed by atoms with van der Waals surface area (Å²) in [5.41, 5.74) is 8.61. The molecule has 0 heterocycles.